The summed E-state index contributed by atoms with van der Waals surface area (Å²) in [5.41, 5.74) is 0.0183. The van der Waals surface area contributed by atoms with Crippen molar-refractivity contribution >= 4 is 69.4 Å². The van der Waals surface area contributed by atoms with Crippen LogP contribution < -0.4 is 20.7 Å². The first-order valence-electron chi connectivity index (χ1n) is 7.43. The number of carbonyl (C=O) groups excluding carboxylic acids is 1. The van der Waals surface area contributed by atoms with Crippen LogP contribution in [0.1, 0.15) is 10.6 Å². The number of furan rings is 1. The molecule has 13 heteroatoms. The lowest BCUT2D eigenvalue weighted by atomic mass is 10.2. The molecule has 28 heavy (non-hydrogen) atoms. The van der Waals surface area contributed by atoms with E-state index in [0.29, 0.717) is 5.75 Å². The van der Waals surface area contributed by atoms with Gasteiger partial charge < -0.3 is 25.1 Å². The van der Waals surface area contributed by atoms with Crippen molar-refractivity contribution < 1.29 is 18.9 Å². The summed E-state index contributed by atoms with van der Waals surface area (Å²) < 4.78 is 8.13. The minimum atomic E-state index is -1.99. The molecule has 1 unspecified atom stereocenters. The van der Waals surface area contributed by atoms with Crippen molar-refractivity contribution in [2.24, 2.45) is 0 Å². The number of thiocarbonyl (C=S) groups is 1. The largest absolute Gasteiger partial charge is 0.495 e. The molecule has 0 bridgehead atoms. The van der Waals surface area contributed by atoms with Crippen LogP contribution in [0.2, 0.25) is 0 Å². The third kappa shape index (κ3) is 5.86. The zero-order valence-corrected chi connectivity index (χ0v) is 17.2. The molecule has 1 aromatic carbocycles. The topological polar surface area (TPSA) is 119 Å². The molecule has 0 aliphatic rings. The van der Waals surface area contributed by atoms with E-state index in [1.165, 1.54) is 43.7 Å². The number of carbonyl (C=O) groups is 1. The van der Waals surface area contributed by atoms with Crippen molar-refractivity contribution in [3.8, 4) is 5.75 Å². The number of nitrogens with one attached hydrogen (secondary N) is 3. The van der Waals surface area contributed by atoms with Crippen LogP contribution in [0.15, 0.2) is 41.0 Å². The number of nitrogens with zero attached hydrogens (tertiary/aromatic N) is 1. The third-order valence-electron chi connectivity index (χ3n) is 3.27. The first-order chi connectivity index (χ1) is 13.1. The van der Waals surface area contributed by atoms with E-state index < -0.39 is 20.8 Å². The van der Waals surface area contributed by atoms with Crippen LogP contribution in [-0.2, 0) is 0 Å². The van der Waals surface area contributed by atoms with Gasteiger partial charge in [-0.2, -0.15) is 0 Å². The van der Waals surface area contributed by atoms with Crippen molar-refractivity contribution in [3.05, 3.63) is 52.5 Å². The predicted octanol–water partition coefficient (Wildman–Crippen LogP) is 3.61. The highest BCUT2D eigenvalue weighted by molar-refractivity contribution is 7.80. The van der Waals surface area contributed by atoms with Gasteiger partial charge in [-0.15, -0.1) is 0 Å². The molecule has 0 saturated carbocycles. The van der Waals surface area contributed by atoms with Gasteiger partial charge in [-0.1, -0.05) is 34.8 Å². The van der Waals surface area contributed by atoms with Crippen LogP contribution in [-0.4, -0.2) is 33.0 Å². The monoisotopic (exact) mass is 466 g/mol. The molecular weight excluding hydrogens is 455 g/mol. The van der Waals surface area contributed by atoms with Crippen LogP contribution >= 0.6 is 47.0 Å². The Kier molecular flexibility index (Phi) is 7.30. The van der Waals surface area contributed by atoms with Gasteiger partial charge in [0.05, 0.1) is 24.0 Å². The number of non-ortho nitro benzene ring substituents is 1. The number of hydrogen-bond donors (Lipinski definition) is 3. The summed E-state index contributed by atoms with van der Waals surface area (Å²) >= 11 is 22.8. The summed E-state index contributed by atoms with van der Waals surface area (Å²) in [7, 11) is 1.39. The van der Waals surface area contributed by atoms with Gasteiger partial charge in [0.1, 0.15) is 11.9 Å². The number of rotatable bonds is 6. The molecule has 1 atom stereocenters. The minimum Gasteiger partial charge on any atom is -0.495 e. The van der Waals surface area contributed by atoms with Gasteiger partial charge in [-0.25, -0.2) is 0 Å². The molecule has 150 valence electrons. The van der Waals surface area contributed by atoms with Gasteiger partial charge in [0.2, 0.25) is 3.79 Å². The van der Waals surface area contributed by atoms with Crippen LogP contribution in [0.25, 0.3) is 0 Å². The lowest BCUT2D eigenvalue weighted by molar-refractivity contribution is -0.384. The Morgan fingerprint density at radius 2 is 2.04 bits per heavy atom. The molecule has 1 aromatic heterocycles. The van der Waals surface area contributed by atoms with Crippen molar-refractivity contribution in [2.45, 2.75) is 9.96 Å². The maximum atomic E-state index is 12.1. The molecule has 0 radical (unpaired) electrons. The molecule has 1 amide bonds. The second-order valence-electron chi connectivity index (χ2n) is 5.17. The van der Waals surface area contributed by atoms with Gasteiger partial charge in [0.15, 0.2) is 10.9 Å². The molecule has 9 nitrogen and oxygen atoms in total. The normalized spacial score (nSPS) is 12.0. The molecular formula is C15H13Cl3N4O5S. The lowest BCUT2D eigenvalue weighted by Crippen LogP contribution is -2.56. The van der Waals surface area contributed by atoms with Crippen LogP contribution in [0.4, 0.5) is 11.4 Å². The Morgan fingerprint density at radius 1 is 1.32 bits per heavy atom. The Bertz CT molecular complexity index is 873. The summed E-state index contributed by atoms with van der Waals surface area (Å²) in [5.74, 6) is -0.357. The summed E-state index contributed by atoms with van der Waals surface area (Å²) in [6.45, 7) is 0. The lowest BCUT2D eigenvalue weighted by Gasteiger charge is -2.27. The first kappa shape index (κ1) is 22.0. The standard InChI is InChI=1S/C15H13Cl3N4O5S/c1-26-10-5-4-8(22(24)25)7-9(10)19-14(28)21-13(15(16,17)18)20-12(23)11-3-2-6-27-11/h2-7,13H,1H3,(H,20,23)(H2,19,21,28). The van der Waals surface area contributed by atoms with Crippen molar-refractivity contribution in [1.82, 2.24) is 10.6 Å². The van der Waals surface area contributed by atoms with Crippen LogP contribution in [0.3, 0.4) is 0 Å². The number of anilines is 1. The number of amides is 1. The van der Waals surface area contributed by atoms with E-state index in [0.717, 1.165) is 0 Å². The fourth-order valence-corrected chi connectivity index (χ4v) is 2.56. The molecule has 2 rings (SSSR count). The molecule has 0 aliphatic carbocycles. The number of hydrogen-bond acceptors (Lipinski definition) is 6. The number of nitro benzene ring substituents is 1. The zero-order chi connectivity index (χ0) is 20.9. The Hall–Kier alpha value is -2.27. The number of benzene rings is 1. The van der Waals surface area contributed by atoms with E-state index in [1.54, 1.807) is 0 Å². The summed E-state index contributed by atoms with van der Waals surface area (Å²) in [6.07, 6.45) is 0.0628. The molecule has 0 aliphatic heterocycles. The highest BCUT2D eigenvalue weighted by atomic mass is 35.6. The molecule has 0 saturated heterocycles. The van der Waals surface area contributed by atoms with Gasteiger partial charge in [0, 0.05) is 12.1 Å². The maximum absolute atomic E-state index is 12.1. The first-order valence-corrected chi connectivity index (χ1v) is 8.97. The van der Waals surface area contributed by atoms with Crippen LogP contribution in [0.5, 0.6) is 5.75 Å². The third-order valence-corrected chi connectivity index (χ3v) is 4.14. The van der Waals surface area contributed by atoms with Crippen molar-refractivity contribution in [1.29, 1.82) is 0 Å². The summed E-state index contributed by atoms with van der Waals surface area (Å²) in [5, 5.41) is 18.6. The quantitative estimate of drug-likeness (QED) is 0.194. The fourth-order valence-electron chi connectivity index (χ4n) is 2.01. The fraction of sp³-hybridized carbons (Fsp3) is 0.200. The number of halogens is 3. The SMILES string of the molecule is COc1ccc([N+](=O)[O-])cc1NC(=S)NC(NC(=O)c1ccco1)C(Cl)(Cl)Cl. The Balaban J connectivity index is 2.15. The minimum absolute atomic E-state index is 0.000260. The average Bonchev–Trinajstić information content (AvgIpc) is 3.14. The predicted molar refractivity (Wildman–Crippen MR) is 109 cm³/mol. The highest BCUT2D eigenvalue weighted by Crippen LogP contribution is 2.31. The summed E-state index contributed by atoms with van der Waals surface area (Å²) in [6, 6.07) is 6.84. The summed E-state index contributed by atoms with van der Waals surface area (Å²) in [4.78, 5) is 22.5. The van der Waals surface area contributed by atoms with Gasteiger partial charge in [0.25, 0.3) is 11.6 Å². The number of ether oxygens (including phenoxy) is 1. The highest BCUT2D eigenvalue weighted by Gasteiger charge is 2.35. The number of nitro groups is 1. The molecule has 1 heterocycles. The van der Waals surface area contributed by atoms with E-state index in [2.05, 4.69) is 16.0 Å². The van der Waals surface area contributed by atoms with Crippen molar-refractivity contribution in [2.75, 3.05) is 12.4 Å². The Morgan fingerprint density at radius 3 is 2.57 bits per heavy atom. The number of alkyl halides is 3. The molecule has 3 N–H and O–H groups in total. The molecule has 2 aromatic rings. The smallest absolute Gasteiger partial charge is 0.288 e. The van der Waals surface area contributed by atoms with Gasteiger partial charge in [-0.3, -0.25) is 14.9 Å². The Labute approximate surface area is 179 Å². The van der Waals surface area contributed by atoms with E-state index in [1.807, 2.05) is 0 Å². The molecule has 0 fully saturated rings. The van der Waals surface area contributed by atoms with Crippen LogP contribution in [0, 0.1) is 10.1 Å². The second kappa shape index (κ2) is 9.28. The van der Waals surface area contributed by atoms with E-state index in [-0.39, 0.29) is 22.2 Å². The number of methoxy groups -OCH3 is 1. The van der Waals surface area contributed by atoms with E-state index >= 15 is 0 Å². The zero-order valence-electron chi connectivity index (χ0n) is 14.1. The molecule has 0 spiro atoms. The van der Waals surface area contributed by atoms with E-state index in [4.69, 9.17) is 56.2 Å². The van der Waals surface area contributed by atoms with Crippen molar-refractivity contribution in [3.63, 3.8) is 0 Å². The second-order valence-corrected chi connectivity index (χ2v) is 7.94. The maximum Gasteiger partial charge on any atom is 0.288 e. The van der Waals surface area contributed by atoms with Gasteiger partial charge >= 0.3 is 0 Å². The van der Waals surface area contributed by atoms with Gasteiger partial charge in [-0.05, 0) is 30.4 Å². The average molecular weight is 468 g/mol. The van der Waals surface area contributed by atoms with E-state index in [9.17, 15) is 14.9 Å².